The minimum Gasteiger partial charge on any atom is -0.315 e. The van der Waals surface area contributed by atoms with Crippen molar-refractivity contribution < 1.29 is 9.59 Å². The third-order valence-electron chi connectivity index (χ3n) is 7.01. The molecule has 38 heavy (non-hydrogen) atoms. The van der Waals surface area contributed by atoms with Crippen LogP contribution in [0.25, 0.3) is 11.1 Å². The first kappa shape index (κ1) is 24.9. The third kappa shape index (κ3) is 4.33. The minimum absolute atomic E-state index is 0.0515. The second-order valence-corrected chi connectivity index (χ2v) is 11.6. The van der Waals surface area contributed by atoms with Gasteiger partial charge in [-0.15, -0.1) is 22.7 Å². The van der Waals surface area contributed by atoms with E-state index < -0.39 is 0 Å². The number of amides is 2. The molecule has 0 saturated heterocycles. The number of nitrogens with zero attached hydrogens (tertiary/aromatic N) is 4. The van der Waals surface area contributed by atoms with Crippen molar-refractivity contribution in [1.29, 1.82) is 0 Å². The van der Waals surface area contributed by atoms with Crippen LogP contribution in [0.1, 0.15) is 40.5 Å². The van der Waals surface area contributed by atoms with Gasteiger partial charge in [0.1, 0.15) is 0 Å². The van der Waals surface area contributed by atoms with E-state index in [0.29, 0.717) is 36.2 Å². The Hall–Kier alpha value is -3.44. The second kappa shape index (κ2) is 10.4. The number of benzene rings is 2. The SMILES string of the molecule is CNCc1cnc(C(=O)N2CCc3c(-c4cccc5c4CCN5C(=O)c4ncc(CNC)s4)cccc32)s1. The molecule has 0 bridgehead atoms. The number of thiazole rings is 2. The fraction of sp³-hybridized carbons (Fsp3) is 0.286. The largest absolute Gasteiger partial charge is 0.315 e. The Bertz CT molecular complexity index is 1410. The van der Waals surface area contributed by atoms with Gasteiger partial charge in [-0.05, 0) is 61.3 Å². The first-order valence-corrected chi connectivity index (χ1v) is 14.3. The van der Waals surface area contributed by atoms with Crippen molar-refractivity contribution in [3.8, 4) is 11.1 Å². The average Bonchev–Trinajstić information content (AvgIpc) is 3.74. The number of carbonyl (C=O) groups excluding carboxylic acids is 2. The lowest BCUT2D eigenvalue weighted by atomic mass is 9.93. The molecule has 10 heteroatoms. The highest BCUT2D eigenvalue weighted by Gasteiger charge is 2.32. The molecule has 6 rings (SSSR count). The maximum atomic E-state index is 13.4. The summed E-state index contributed by atoms with van der Waals surface area (Å²) in [6.45, 7) is 2.66. The van der Waals surface area contributed by atoms with Gasteiger partial charge in [-0.25, -0.2) is 9.97 Å². The van der Waals surface area contributed by atoms with E-state index in [1.54, 1.807) is 12.4 Å². The highest BCUT2D eigenvalue weighted by atomic mass is 32.1. The van der Waals surface area contributed by atoms with Crippen molar-refractivity contribution in [2.24, 2.45) is 0 Å². The Labute approximate surface area is 229 Å². The van der Waals surface area contributed by atoms with Crippen LogP contribution in [-0.2, 0) is 25.9 Å². The zero-order valence-corrected chi connectivity index (χ0v) is 22.9. The van der Waals surface area contributed by atoms with Crippen molar-refractivity contribution in [2.75, 3.05) is 37.0 Å². The van der Waals surface area contributed by atoms with Gasteiger partial charge >= 0.3 is 0 Å². The average molecular weight is 545 g/mol. The van der Waals surface area contributed by atoms with Crippen LogP contribution in [0.15, 0.2) is 48.8 Å². The van der Waals surface area contributed by atoms with E-state index in [-0.39, 0.29) is 11.8 Å². The lowest BCUT2D eigenvalue weighted by Crippen LogP contribution is -2.28. The molecule has 0 fully saturated rings. The van der Waals surface area contributed by atoms with E-state index in [1.807, 2.05) is 48.2 Å². The number of anilines is 2. The van der Waals surface area contributed by atoms with Crippen LogP contribution < -0.4 is 20.4 Å². The number of carbonyl (C=O) groups is 2. The molecule has 2 aliphatic heterocycles. The first-order valence-electron chi connectivity index (χ1n) is 12.7. The van der Waals surface area contributed by atoms with Crippen LogP contribution in [0.5, 0.6) is 0 Å². The van der Waals surface area contributed by atoms with Gasteiger partial charge in [-0.2, -0.15) is 0 Å². The molecule has 2 N–H and O–H groups in total. The summed E-state index contributed by atoms with van der Waals surface area (Å²) in [5.41, 5.74) is 6.49. The Morgan fingerprint density at radius 2 is 1.21 bits per heavy atom. The van der Waals surface area contributed by atoms with Crippen LogP contribution in [0, 0.1) is 0 Å². The van der Waals surface area contributed by atoms with Crippen molar-refractivity contribution in [1.82, 2.24) is 20.6 Å². The smallest absolute Gasteiger partial charge is 0.287 e. The lowest BCUT2D eigenvalue weighted by molar-refractivity contribution is 0.0981. The van der Waals surface area contributed by atoms with Gasteiger partial charge in [0.05, 0.1) is 0 Å². The van der Waals surface area contributed by atoms with Gasteiger partial charge in [0.15, 0.2) is 10.0 Å². The number of fused-ring (bicyclic) bond motifs is 2. The molecule has 194 valence electrons. The zero-order valence-electron chi connectivity index (χ0n) is 21.3. The van der Waals surface area contributed by atoms with Crippen molar-refractivity contribution in [3.05, 3.63) is 79.7 Å². The maximum absolute atomic E-state index is 13.4. The van der Waals surface area contributed by atoms with Crippen molar-refractivity contribution in [3.63, 3.8) is 0 Å². The predicted octanol–water partition coefficient (Wildman–Crippen LogP) is 4.11. The minimum atomic E-state index is -0.0515. The number of hydrogen-bond acceptors (Lipinski definition) is 8. The van der Waals surface area contributed by atoms with E-state index in [2.05, 4.69) is 32.7 Å². The number of rotatable bonds is 7. The fourth-order valence-corrected chi connectivity index (χ4v) is 7.10. The Balaban J connectivity index is 1.30. The topological polar surface area (TPSA) is 90.5 Å². The summed E-state index contributed by atoms with van der Waals surface area (Å²) in [6, 6.07) is 12.3. The Morgan fingerprint density at radius 1 is 0.763 bits per heavy atom. The molecular weight excluding hydrogens is 516 g/mol. The van der Waals surface area contributed by atoms with Crippen LogP contribution >= 0.6 is 22.7 Å². The molecule has 0 unspecified atom stereocenters. The molecule has 2 aliphatic rings. The number of nitrogens with one attached hydrogen (secondary N) is 2. The van der Waals surface area contributed by atoms with Gasteiger partial charge in [0, 0.05) is 59.7 Å². The molecule has 0 spiro atoms. The zero-order chi connectivity index (χ0) is 26.2. The lowest BCUT2D eigenvalue weighted by Gasteiger charge is -2.18. The molecule has 0 aliphatic carbocycles. The summed E-state index contributed by atoms with van der Waals surface area (Å²) in [7, 11) is 3.77. The van der Waals surface area contributed by atoms with E-state index in [1.165, 1.54) is 33.8 Å². The summed E-state index contributed by atoms with van der Waals surface area (Å²) < 4.78 is 0. The number of hydrogen-bond donors (Lipinski definition) is 2. The maximum Gasteiger partial charge on any atom is 0.287 e. The predicted molar refractivity (Wildman–Crippen MR) is 152 cm³/mol. The molecule has 0 atom stereocenters. The molecule has 2 aromatic heterocycles. The van der Waals surface area contributed by atoms with Gasteiger partial charge in [-0.3, -0.25) is 9.59 Å². The summed E-state index contributed by atoms with van der Waals surface area (Å²) in [4.78, 5) is 41.3. The van der Waals surface area contributed by atoms with Crippen molar-refractivity contribution >= 4 is 45.9 Å². The highest BCUT2D eigenvalue weighted by Crippen LogP contribution is 2.42. The van der Waals surface area contributed by atoms with Gasteiger partial charge in [-0.1, -0.05) is 24.3 Å². The van der Waals surface area contributed by atoms with Crippen LogP contribution in [0.2, 0.25) is 0 Å². The monoisotopic (exact) mass is 544 g/mol. The molecular formula is C28H28N6O2S2. The van der Waals surface area contributed by atoms with Crippen LogP contribution in [-0.4, -0.2) is 49.0 Å². The van der Waals surface area contributed by atoms with E-state index in [0.717, 1.165) is 45.1 Å². The summed E-state index contributed by atoms with van der Waals surface area (Å²) in [5.74, 6) is -0.103. The Morgan fingerprint density at radius 3 is 1.63 bits per heavy atom. The normalized spacial score (nSPS) is 14.2. The molecule has 0 saturated carbocycles. The van der Waals surface area contributed by atoms with E-state index in [4.69, 9.17) is 0 Å². The molecule has 2 amide bonds. The molecule has 2 aromatic carbocycles. The molecule has 4 aromatic rings. The number of aromatic nitrogens is 2. The summed E-state index contributed by atoms with van der Waals surface area (Å²) >= 11 is 2.88. The first-order chi connectivity index (χ1) is 18.6. The van der Waals surface area contributed by atoms with E-state index >= 15 is 0 Å². The van der Waals surface area contributed by atoms with Crippen LogP contribution in [0.3, 0.4) is 0 Å². The summed E-state index contributed by atoms with van der Waals surface area (Å²) in [6.07, 6.45) is 5.11. The van der Waals surface area contributed by atoms with E-state index in [9.17, 15) is 9.59 Å². The molecule has 4 heterocycles. The highest BCUT2D eigenvalue weighted by molar-refractivity contribution is 7.14. The van der Waals surface area contributed by atoms with Crippen molar-refractivity contribution in [2.45, 2.75) is 25.9 Å². The Kier molecular flexibility index (Phi) is 6.79. The third-order valence-corrected chi connectivity index (χ3v) is 8.98. The van der Waals surface area contributed by atoms with Gasteiger partial charge < -0.3 is 20.4 Å². The summed E-state index contributed by atoms with van der Waals surface area (Å²) in [5, 5.41) is 7.25. The quantitative estimate of drug-likeness (QED) is 0.364. The van der Waals surface area contributed by atoms with Gasteiger partial charge in [0.2, 0.25) is 0 Å². The van der Waals surface area contributed by atoms with Gasteiger partial charge in [0.25, 0.3) is 11.8 Å². The molecule has 8 nitrogen and oxygen atoms in total. The van der Waals surface area contributed by atoms with Crippen LogP contribution in [0.4, 0.5) is 11.4 Å². The fourth-order valence-electron chi connectivity index (χ4n) is 5.35. The molecule has 0 radical (unpaired) electrons. The second-order valence-electron chi connectivity index (χ2n) is 9.34. The standard InChI is InChI=1S/C28H28N6O2S2/c1-29-13-17-15-31-25(37-17)27(35)33-11-9-21-19(5-3-7-23(21)33)20-6-4-8-24-22(20)10-12-34(24)28(36)26-32-16-18(38-26)14-30-2/h3-8,15-16,29-30H,9-14H2,1-2H3.